The van der Waals surface area contributed by atoms with E-state index in [0.29, 0.717) is 29.3 Å². The number of aromatic nitrogens is 3. The van der Waals surface area contributed by atoms with Crippen LogP contribution in [0, 0.1) is 0 Å². The Balaban J connectivity index is 1.86. The fourth-order valence-corrected chi connectivity index (χ4v) is 2.64. The van der Waals surface area contributed by atoms with Crippen molar-refractivity contribution in [1.29, 1.82) is 0 Å². The lowest BCUT2D eigenvalue weighted by atomic mass is 10.1. The molecule has 0 aliphatic rings. The van der Waals surface area contributed by atoms with Crippen LogP contribution in [0.4, 0.5) is 0 Å². The molecule has 0 N–H and O–H groups in total. The van der Waals surface area contributed by atoms with Gasteiger partial charge in [0.2, 0.25) is 11.7 Å². The number of carbonyl (C=O) groups excluding carboxylic acids is 1. The quantitative estimate of drug-likeness (QED) is 0.636. The second kappa shape index (κ2) is 7.29. The van der Waals surface area contributed by atoms with Crippen LogP contribution in [0.15, 0.2) is 33.3 Å². The van der Waals surface area contributed by atoms with Gasteiger partial charge in [-0.2, -0.15) is 4.98 Å². The fraction of sp³-hybridized carbons (Fsp3) is 0.333. The number of carbonyl (C=O) groups is 1. The third-order valence-corrected chi connectivity index (χ3v) is 3.94. The molecule has 0 aliphatic heterocycles. The summed E-state index contributed by atoms with van der Waals surface area (Å²) in [4.78, 5) is 16.1. The van der Waals surface area contributed by atoms with E-state index in [1.807, 2.05) is 19.9 Å². The topological polar surface area (TPSA) is 91.2 Å². The number of benzene rings is 1. The molecule has 1 aromatic carbocycles. The van der Waals surface area contributed by atoms with E-state index in [1.54, 1.807) is 18.2 Å². The minimum absolute atomic E-state index is 0.407. The fourth-order valence-electron chi connectivity index (χ4n) is 2.64. The monoisotopic (exact) mass is 341 g/mol. The Hall–Kier alpha value is -2.96. The molecule has 7 heteroatoms. The Morgan fingerprint density at radius 1 is 1.16 bits per heavy atom. The normalized spacial score (nSPS) is 10.8. The van der Waals surface area contributed by atoms with Gasteiger partial charge in [0.15, 0.2) is 0 Å². The molecule has 0 radical (unpaired) electrons. The van der Waals surface area contributed by atoms with Gasteiger partial charge in [-0.3, -0.25) is 0 Å². The van der Waals surface area contributed by atoms with Gasteiger partial charge < -0.3 is 13.8 Å². The Morgan fingerprint density at radius 2 is 2.00 bits per heavy atom. The maximum Gasteiger partial charge on any atom is 0.337 e. The highest BCUT2D eigenvalue weighted by atomic mass is 16.5. The summed E-state index contributed by atoms with van der Waals surface area (Å²) in [6.07, 6.45) is 2.01. The Labute approximate surface area is 145 Å². The van der Waals surface area contributed by atoms with Crippen molar-refractivity contribution in [2.45, 2.75) is 33.1 Å². The van der Waals surface area contributed by atoms with Crippen molar-refractivity contribution in [3.05, 3.63) is 52.7 Å². The molecular weight excluding hydrogens is 322 g/mol. The van der Waals surface area contributed by atoms with E-state index in [1.165, 1.54) is 7.11 Å². The summed E-state index contributed by atoms with van der Waals surface area (Å²) in [7, 11) is 1.34. The zero-order chi connectivity index (χ0) is 17.8. The molecule has 0 fully saturated rings. The van der Waals surface area contributed by atoms with Gasteiger partial charge in [-0.15, -0.1) is 0 Å². The summed E-state index contributed by atoms with van der Waals surface area (Å²) in [5.41, 5.74) is 3.04. The molecular formula is C18H19N3O4. The van der Waals surface area contributed by atoms with Crippen LogP contribution in [0.1, 0.15) is 47.1 Å². The van der Waals surface area contributed by atoms with E-state index >= 15 is 0 Å². The summed E-state index contributed by atoms with van der Waals surface area (Å²) in [6.45, 7) is 4.04. The van der Waals surface area contributed by atoms with Crippen molar-refractivity contribution in [2.75, 3.05) is 7.11 Å². The number of hydrogen-bond donors (Lipinski definition) is 0. The molecule has 3 rings (SSSR count). The van der Waals surface area contributed by atoms with Gasteiger partial charge in [-0.25, -0.2) is 4.79 Å². The predicted molar refractivity (Wildman–Crippen MR) is 89.1 cm³/mol. The first-order valence-electron chi connectivity index (χ1n) is 8.13. The SMILES string of the molecule is CCc1noc(CC)c1Cc1nc(-c2cccc(C(=O)OC)c2)no1. The van der Waals surface area contributed by atoms with Crippen LogP contribution >= 0.6 is 0 Å². The molecule has 0 saturated carbocycles. The number of methoxy groups -OCH3 is 1. The Bertz CT molecular complexity index is 861. The van der Waals surface area contributed by atoms with Gasteiger partial charge in [0.25, 0.3) is 0 Å². The lowest BCUT2D eigenvalue weighted by Gasteiger charge is -2.00. The molecule has 0 amide bonds. The van der Waals surface area contributed by atoms with Crippen molar-refractivity contribution in [2.24, 2.45) is 0 Å². The molecule has 130 valence electrons. The van der Waals surface area contributed by atoms with E-state index in [9.17, 15) is 4.79 Å². The number of ether oxygens (including phenoxy) is 1. The molecule has 25 heavy (non-hydrogen) atoms. The summed E-state index contributed by atoms with van der Waals surface area (Å²) < 4.78 is 15.5. The maximum atomic E-state index is 11.7. The highest BCUT2D eigenvalue weighted by Gasteiger charge is 2.18. The second-order valence-electron chi connectivity index (χ2n) is 5.50. The average Bonchev–Trinajstić information content (AvgIpc) is 3.28. The van der Waals surface area contributed by atoms with E-state index in [4.69, 9.17) is 13.8 Å². The summed E-state index contributed by atoms with van der Waals surface area (Å²) in [5, 5.41) is 8.11. The standard InChI is InChI=1S/C18H19N3O4/c1-4-14-13(15(5-2)24-20-14)10-16-19-17(21-25-16)11-7-6-8-12(9-11)18(22)23-3/h6-9H,4-5,10H2,1-3H3. The van der Waals surface area contributed by atoms with Gasteiger partial charge in [-0.05, 0) is 18.6 Å². The highest BCUT2D eigenvalue weighted by Crippen LogP contribution is 2.22. The van der Waals surface area contributed by atoms with Crippen LogP contribution in [0.5, 0.6) is 0 Å². The number of rotatable bonds is 6. The van der Waals surface area contributed by atoms with Crippen molar-refractivity contribution in [1.82, 2.24) is 15.3 Å². The van der Waals surface area contributed by atoms with Crippen LogP contribution in [0.3, 0.4) is 0 Å². The third kappa shape index (κ3) is 3.45. The Morgan fingerprint density at radius 3 is 2.72 bits per heavy atom. The van der Waals surface area contributed by atoms with Gasteiger partial charge in [0, 0.05) is 17.5 Å². The van der Waals surface area contributed by atoms with E-state index in [-0.39, 0.29) is 0 Å². The lowest BCUT2D eigenvalue weighted by molar-refractivity contribution is 0.0601. The zero-order valence-electron chi connectivity index (χ0n) is 14.4. The third-order valence-electron chi connectivity index (χ3n) is 3.94. The van der Waals surface area contributed by atoms with E-state index in [2.05, 4.69) is 15.3 Å². The first kappa shape index (κ1) is 16.9. The molecule has 3 aromatic rings. The number of esters is 1. The molecule has 7 nitrogen and oxygen atoms in total. The van der Waals surface area contributed by atoms with Gasteiger partial charge in [0.1, 0.15) is 5.76 Å². The predicted octanol–water partition coefficient (Wildman–Crippen LogP) is 3.23. The van der Waals surface area contributed by atoms with Crippen molar-refractivity contribution >= 4 is 5.97 Å². The van der Waals surface area contributed by atoms with Crippen LogP contribution in [0.2, 0.25) is 0 Å². The van der Waals surface area contributed by atoms with Gasteiger partial charge >= 0.3 is 5.97 Å². The lowest BCUT2D eigenvalue weighted by Crippen LogP contribution is -2.01. The minimum Gasteiger partial charge on any atom is -0.465 e. The second-order valence-corrected chi connectivity index (χ2v) is 5.50. The van der Waals surface area contributed by atoms with Gasteiger partial charge in [0.05, 0.1) is 24.8 Å². The van der Waals surface area contributed by atoms with Gasteiger partial charge in [-0.1, -0.05) is 36.3 Å². The molecule has 2 heterocycles. The number of aryl methyl sites for hydroxylation is 2. The first-order chi connectivity index (χ1) is 12.2. The van der Waals surface area contributed by atoms with Crippen molar-refractivity contribution < 1.29 is 18.6 Å². The molecule has 2 aromatic heterocycles. The summed E-state index contributed by atoms with van der Waals surface area (Å²) in [5.74, 6) is 1.33. The number of nitrogens with zero attached hydrogens (tertiary/aromatic N) is 3. The summed E-state index contributed by atoms with van der Waals surface area (Å²) >= 11 is 0. The molecule has 0 aliphatic carbocycles. The van der Waals surface area contributed by atoms with E-state index in [0.717, 1.165) is 29.9 Å². The average molecular weight is 341 g/mol. The molecule has 0 bridgehead atoms. The largest absolute Gasteiger partial charge is 0.465 e. The minimum atomic E-state index is -0.407. The smallest absolute Gasteiger partial charge is 0.337 e. The zero-order valence-corrected chi connectivity index (χ0v) is 14.4. The number of hydrogen-bond acceptors (Lipinski definition) is 7. The Kier molecular flexibility index (Phi) is 4.92. The molecule has 0 saturated heterocycles. The molecule has 0 unspecified atom stereocenters. The van der Waals surface area contributed by atoms with E-state index < -0.39 is 5.97 Å². The van der Waals surface area contributed by atoms with Crippen molar-refractivity contribution in [3.63, 3.8) is 0 Å². The van der Waals surface area contributed by atoms with Crippen LogP contribution < -0.4 is 0 Å². The summed E-state index contributed by atoms with van der Waals surface area (Å²) in [6, 6.07) is 6.92. The molecule has 0 spiro atoms. The van der Waals surface area contributed by atoms with Crippen LogP contribution in [-0.2, 0) is 24.0 Å². The van der Waals surface area contributed by atoms with Crippen molar-refractivity contribution in [3.8, 4) is 11.4 Å². The highest BCUT2D eigenvalue weighted by molar-refractivity contribution is 5.90. The first-order valence-corrected chi connectivity index (χ1v) is 8.13. The maximum absolute atomic E-state index is 11.7. The van der Waals surface area contributed by atoms with Crippen LogP contribution in [-0.4, -0.2) is 28.4 Å². The van der Waals surface area contributed by atoms with Crippen LogP contribution in [0.25, 0.3) is 11.4 Å². The molecule has 0 atom stereocenters.